The van der Waals surface area contributed by atoms with E-state index in [1.54, 1.807) is 11.3 Å². The van der Waals surface area contributed by atoms with E-state index in [1.807, 2.05) is 48.4 Å². The number of thiazole rings is 1. The zero-order valence-electron chi connectivity index (χ0n) is 12.8. The average molecular weight is 316 g/mol. The van der Waals surface area contributed by atoms with Gasteiger partial charge in [-0.15, -0.1) is 11.3 Å². The van der Waals surface area contributed by atoms with Gasteiger partial charge >= 0.3 is 0 Å². The fourth-order valence-electron chi connectivity index (χ4n) is 2.54. The van der Waals surface area contributed by atoms with Crippen molar-refractivity contribution in [2.24, 2.45) is 7.05 Å². The first-order valence-corrected chi connectivity index (χ1v) is 8.30. The number of aryl methyl sites for hydroxylation is 2. The van der Waals surface area contributed by atoms with Crippen LogP contribution in [0.2, 0.25) is 0 Å². The molecule has 0 aromatic carbocycles. The monoisotopic (exact) mass is 316 g/mol. The Morgan fingerprint density at radius 2 is 2.32 bits per heavy atom. The Kier molecular flexibility index (Phi) is 4.29. The first-order valence-electron chi connectivity index (χ1n) is 7.42. The van der Waals surface area contributed by atoms with Crippen molar-refractivity contribution in [3.8, 4) is 0 Å². The first kappa shape index (κ1) is 14.8. The van der Waals surface area contributed by atoms with Crippen molar-refractivity contribution in [3.05, 3.63) is 47.5 Å². The SMILES string of the molecule is C[C@@H](CCc1cccn1C)NC(=O)Cc1cn2ccsc2n1. The second kappa shape index (κ2) is 6.36. The van der Waals surface area contributed by atoms with Gasteiger partial charge in [-0.3, -0.25) is 9.20 Å². The summed E-state index contributed by atoms with van der Waals surface area (Å²) in [5, 5.41) is 5.04. The van der Waals surface area contributed by atoms with Gasteiger partial charge in [0.2, 0.25) is 5.91 Å². The lowest BCUT2D eigenvalue weighted by Crippen LogP contribution is -2.34. The molecule has 0 aliphatic carbocycles. The van der Waals surface area contributed by atoms with Crippen LogP contribution in [0, 0.1) is 0 Å². The third-order valence-electron chi connectivity index (χ3n) is 3.78. The van der Waals surface area contributed by atoms with E-state index in [0.29, 0.717) is 6.42 Å². The van der Waals surface area contributed by atoms with Gasteiger partial charge in [-0.05, 0) is 31.9 Å². The molecule has 5 nitrogen and oxygen atoms in total. The van der Waals surface area contributed by atoms with Crippen LogP contribution < -0.4 is 5.32 Å². The Labute approximate surface area is 133 Å². The summed E-state index contributed by atoms with van der Waals surface area (Å²) in [5.74, 6) is 0.0325. The van der Waals surface area contributed by atoms with E-state index < -0.39 is 0 Å². The molecule has 0 radical (unpaired) electrons. The van der Waals surface area contributed by atoms with Crippen molar-refractivity contribution in [2.45, 2.75) is 32.2 Å². The highest BCUT2D eigenvalue weighted by Crippen LogP contribution is 2.12. The van der Waals surface area contributed by atoms with Crippen LogP contribution in [0.1, 0.15) is 24.7 Å². The maximum Gasteiger partial charge on any atom is 0.226 e. The van der Waals surface area contributed by atoms with Crippen LogP contribution in [-0.4, -0.2) is 25.9 Å². The molecule has 0 aliphatic rings. The van der Waals surface area contributed by atoms with Gasteiger partial charge in [0.15, 0.2) is 4.96 Å². The molecule has 0 bridgehead atoms. The number of aromatic nitrogens is 3. The van der Waals surface area contributed by atoms with Crippen LogP contribution in [0.5, 0.6) is 0 Å². The van der Waals surface area contributed by atoms with E-state index in [2.05, 4.69) is 20.9 Å². The van der Waals surface area contributed by atoms with Crippen LogP contribution in [0.15, 0.2) is 36.1 Å². The second-order valence-corrected chi connectivity index (χ2v) is 6.49. The number of hydrogen-bond donors (Lipinski definition) is 1. The summed E-state index contributed by atoms with van der Waals surface area (Å²) in [7, 11) is 2.04. The van der Waals surface area contributed by atoms with Crippen molar-refractivity contribution in [2.75, 3.05) is 0 Å². The molecule has 0 fully saturated rings. The van der Waals surface area contributed by atoms with Crippen molar-refractivity contribution in [1.82, 2.24) is 19.3 Å². The predicted octanol–water partition coefficient (Wildman–Crippen LogP) is 2.41. The van der Waals surface area contributed by atoms with Gasteiger partial charge in [-0.25, -0.2) is 4.98 Å². The lowest BCUT2D eigenvalue weighted by atomic mass is 10.1. The summed E-state index contributed by atoms with van der Waals surface area (Å²) in [6.45, 7) is 2.05. The molecule has 1 N–H and O–H groups in total. The van der Waals surface area contributed by atoms with Crippen LogP contribution in [0.3, 0.4) is 0 Å². The Morgan fingerprint density at radius 3 is 3.05 bits per heavy atom. The smallest absolute Gasteiger partial charge is 0.226 e. The lowest BCUT2D eigenvalue weighted by Gasteiger charge is -2.13. The lowest BCUT2D eigenvalue weighted by molar-refractivity contribution is -0.121. The molecule has 22 heavy (non-hydrogen) atoms. The Morgan fingerprint density at radius 1 is 1.45 bits per heavy atom. The summed E-state index contributed by atoms with van der Waals surface area (Å²) in [5.41, 5.74) is 2.11. The average Bonchev–Trinajstić information content (AvgIpc) is 3.12. The van der Waals surface area contributed by atoms with Gasteiger partial charge in [0, 0.05) is 42.8 Å². The number of carbonyl (C=O) groups excluding carboxylic acids is 1. The maximum absolute atomic E-state index is 12.1. The minimum atomic E-state index is 0.0325. The molecule has 0 spiro atoms. The molecular formula is C16H20N4OS. The third-order valence-corrected chi connectivity index (χ3v) is 4.55. The van der Waals surface area contributed by atoms with Crippen molar-refractivity contribution in [1.29, 1.82) is 0 Å². The van der Waals surface area contributed by atoms with Gasteiger partial charge in [-0.2, -0.15) is 0 Å². The van der Waals surface area contributed by atoms with Gasteiger partial charge < -0.3 is 9.88 Å². The number of nitrogens with zero attached hydrogens (tertiary/aromatic N) is 3. The van der Waals surface area contributed by atoms with Crippen molar-refractivity contribution in [3.63, 3.8) is 0 Å². The summed E-state index contributed by atoms with van der Waals surface area (Å²) >= 11 is 1.57. The molecule has 0 unspecified atom stereocenters. The molecule has 0 aliphatic heterocycles. The summed E-state index contributed by atoms with van der Waals surface area (Å²) in [6.07, 6.45) is 8.15. The largest absolute Gasteiger partial charge is 0.354 e. The zero-order chi connectivity index (χ0) is 15.5. The van der Waals surface area contributed by atoms with Gasteiger partial charge in [0.25, 0.3) is 0 Å². The third kappa shape index (κ3) is 3.39. The minimum absolute atomic E-state index is 0.0325. The topological polar surface area (TPSA) is 51.3 Å². The van der Waals surface area contributed by atoms with Crippen LogP contribution >= 0.6 is 11.3 Å². The summed E-state index contributed by atoms with van der Waals surface area (Å²) < 4.78 is 4.07. The molecule has 1 amide bonds. The maximum atomic E-state index is 12.1. The molecule has 1 atom stereocenters. The van der Waals surface area contributed by atoms with Crippen molar-refractivity contribution >= 4 is 22.2 Å². The number of imidazole rings is 1. The first-order chi connectivity index (χ1) is 10.6. The quantitative estimate of drug-likeness (QED) is 0.759. The Bertz CT molecular complexity index is 741. The standard InChI is InChI=1S/C16H20N4OS/c1-12(5-6-14-4-3-7-19(14)2)17-15(21)10-13-11-20-8-9-22-16(20)18-13/h3-4,7-9,11-12H,5-6,10H2,1-2H3,(H,17,21)/t12-/m0/s1. The molecule has 3 aromatic rings. The van der Waals surface area contributed by atoms with E-state index in [0.717, 1.165) is 23.5 Å². The highest BCUT2D eigenvalue weighted by molar-refractivity contribution is 7.15. The fraction of sp³-hybridized carbons (Fsp3) is 0.375. The molecule has 116 valence electrons. The second-order valence-electron chi connectivity index (χ2n) is 5.62. The normalized spacial score (nSPS) is 12.6. The molecule has 3 heterocycles. The highest BCUT2D eigenvalue weighted by atomic mass is 32.1. The van der Waals surface area contributed by atoms with E-state index in [-0.39, 0.29) is 11.9 Å². The van der Waals surface area contributed by atoms with Crippen molar-refractivity contribution < 1.29 is 4.79 Å². The summed E-state index contributed by atoms with van der Waals surface area (Å²) in [4.78, 5) is 17.5. The van der Waals surface area contributed by atoms with Crippen LogP contribution in [0.25, 0.3) is 4.96 Å². The van der Waals surface area contributed by atoms with E-state index in [9.17, 15) is 4.79 Å². The molecule has 3 aromatic heterocycles. The van der Waals surface area contributed by atoms with Gasteiger partial charge in [0.1, 0.15) is 0 Å². The van der Waals surface area contributed by atoms with Crippen LogP contribution in [-0.2, 0) is 24.7 Å². The molecule has 3 rings (SSSR count). The summed E-state index contributed by atoms with van der Waals surface area (Å²) in [6, 6.07) is 4.32. The minimum Gasteiger partial charge on any atom is -0.354 e. The van der Waals surface area contributed by atoms with E-state index in [4.69, 9.17) is 0 Å². The number of hydrogen-bond acceptors (Lipinski definition) is 3. The molecule has 0 saturated carbocycles. The van der Waals surface area contributed by atoms with Crippen LogP contribution in [0.4, 0.5) is 0 Å². The number of amides is 1. The van der Waals surface area contributed by atoms with E-state index >= 15 is 0 Å². The Balaban J connectivity index is 1.48. The predicted molar refractivity (Wildman–Crippen MR) is 88.1 cm³/mol. The Hall–Kier alpha value is -2.08. The molecule has 6 heteroatoms. The zero-order valence-corrected chi connectivity index (χ0v) is 13.6. The van der Waals surface area contributed by atoms with E-state index in [1.165, 1.54) is 5.69 Å². The number of carbonyl (C=O) groups is 1. The molecule has 0 saturated heterocycles. The highest BCUT2D eigenvalue weighted by Gasteiger charge is 2.11. The number of rotatable bonds is 6. The number of fused-ring (bicyclic) bond motifs is 1. The fourth-order valence-corrected chi connectivity index (χ4v) is 3.26. The van der Waals surface area contributed by atoms with Gasteiger partial charge in [0.05, 0.1) is 12.1 Å². The molecular weight excluding hydrogens is 296 g/mol. The number of nitrogens with one attached hydrogen (secondary N) is 1. The van der Waals surface area contributed by atoms with Gasteiger partial charge in [-0.1, -0.05) is 0 Å².